The van der Waals surface area contributed by atoms with Gasteiger partial charge in [-0.05, 0) is 19.3 Å². The van der Waals surface area contributed by atoms with E-state index in [9.17, 15) is 5.11 Å². The van der Waals surface area contributed by atoms with E-state index in [1.54, 1.807) is 0 Å². The standard InChI is InChI=1S/C13H25BrO/c1-2-3-4-5-6-7-8-9-10-11-13(15)12-14/h9-10,13,15H,2-8,11-12H2,1H3/b10-9-. The van der Waals surface area contributed by atoms with Crippen LogP contribution < -0.4 is 0 Å². The molecule has 0 spiro atoms. The van der Waals surface area contributed by atoms with E-state index in [1.807, 2.05) is 0 Å². The van der Waals surface area contributed by atoms with Crippen molar-refractivity contribution in [2.75, 3.05) is 5.33 Å². The lowest BCUT2D eigenvalue weighted by Crippen LogP contribution is -2.04. The van der Waals surface area contributed by atoms with Gasteiger partial charge in [-0.15, -0.1) is 0 Å². The van der Waals surface area contributed by atoms with Crippen LogP contribution in [-0.4, -0.2) is 16.5 Å². The van der Waals surface area contributed by atoms with E-state index >= 15 is 0 Å². The Labute approximate surface area is 103 Å². The van der Waals surface area contributed by atoms with Crippen LogP contribution in [-0.2, 0) is 0 Å². The molecule has 0 fully saturated rings. The van der Waals surface area contributed by atoms with Crippen molar-refractivity contribution >= 4 is 15.9 Å². The highest BCUT2D eigenvalue weighted by Gasteiger charge is 1.95. The molecule has 2 heteroatoms. The van der Waals surface area contributed by atoms with Gasteiger partial charge in [0, 0.05) is 5.33 Å². The molecule has 1 nitrogen and oxygen atoms in total. The first-order valence-corrected chi connectivity index (χ1v) is 7.32. The lowest BCUT2D eigenvalue weighted by atomic mass is 10.1. The van der Waals surface area contributed by atoms with Crippen LogP contribution in [0.3, 0.4) is 0 Å². The molecule has 0 saturated carbocycles. The van der Waals surface area contributed by atoms with E-state index < -0.39 is 0 Å². The molecule has 90 valence electrons. The van der Waals surface area contributed by atoms with Crippen LogP contribution in [0.4, 0.5) is 0 Å². The minimum Gasteiger partial charge on any atom is -0.392 e. The number of rotatable bonds is 10. The van der Waals surface area contributed by atoms with E-state index in [4.69, 9.17) is 0 Å². The van der Waals surface area contributed by atoms with Crippen molar-refractivity contribution in [2.24, 2.45) is 0 Å². The monoisotopic (exact) mass is 276 g/mol. The summed E-state index contributed by atoms with van der Waals surface area (Å²) in [5.74, 6) is 0. The summed E-state index contributed by atoms with van der Waals surface area (Å²) in [6, 6.07) is 0. The van der Waals surface area contributed by atoms with Crippen LogP contribution in [0, 0.1) is 0 Å². The molecular weight excluding hydrogens is 252 g/mol. The molecule has 15 heavy (non-hydrogen) atoms. The molecule has 0 aliphatic heterocycles. The van der Waals surface area contributed by atoms with Gasteiger partial charge in [0.05, 0.1) is 6.10 Å². The Kier molecular flexibility index (Phi) is 12.4. The summed E-state index contributed by atoms with van der Waals surface area (Å²) in [6.45, 7) is 2.25. The molecule has 0 aromatic heterocycles. The zero-order valence-electron chi connectivity index (χ0n) is 9.92. The Morgan fingerprint density at radius 1 is 1.07 bits per heavy atom. The van der Waals surface area contributed by atoms with Crippen LogP contribution in [0.1, 0.15) is 58.3 Å². The fourth-order valence-corrected chi connectivity index (χ4v) is 1.74. The number of aliphatic hydroxyl groups excluding tert-OH is 1. The second kappa shape index (κ2) is 12.3. The van der Waals surface area contributed by atoms with Gasteiger partial charge in [-0.25, -0.2) is 0 Å². The van der Waals surface area contributed by atoms with E-state index in [0.717, 1.165) is 6.42 Å². The highest BCUT2D eigenvalue weighted by atomic mass is 79.9. The Balaban J connectivity index is 3.09. The summed E-state index contributed by atoms with van der Waals surface area (Å²) in [6.07, 6.45) is 14.2. The third kappa shape index (κ3) is 12.1. The Bertz CT molecular complexity index is 145. The Morgan fingerprint density at radius 2 is 1.73 bits per heavy atom. The second-order valence-corrected chi connectivity index (χ2v) is 4.72. The Morgan fingerprint density at radius 3 is 2.40 bits per heavy atom. The summed E-state index contributed by atoms with van der Waals surface area (Å²) in [4.78, 5) is 0. The van der Waals surface area contributed by atoms with Gasteiger partial charge in [0.1, 0.15) is 0 Å². The predicted molar refractivity (Wildman–Crippen MR) is 71.6 cm³/mol. The molecule has 1 atom stereocenters. The van der Waals surface area contributed by atoms with E-state index in [2.05, 4.69) is 35.0 Å². The summed E-state index contributed by atoms with van der Waals surface area (Å²) < 4.78 is 0. The molecular formula is C13H25BrO. The van der Waals surface area contributed by atoms with E-state index in [1.165, 1.54) is 44.9 Å². The average Bonchev–Trinajstić information content (AvgIpc) is 2.26. The zero-order valence-corrected chi connectivity index (χ0v) is 11.5. The maximum Gasteiger partial charge on any atom is 0.0671 e. The minimum absolute atomic E-state index is 0.217. The molecule has 0 aliphatic carbocycles. The molecule has 0 aromatic carbocycles. The molecule has 0 aliphatic rings. The quantitative estimate of drug-likeness (QED) is 0.355. The lowest BCUT2D eigenvalue weighted by Gasteiger charge is -2.01. The summed E-state index contributed by atoms with van der Waals surface area (Å²) in [5.41, 5.74) is 0. The van der Waals surface area contributed by atoms with Crippen LogP contribution in [0.25, 0.3) is 0 Å². The zero-order chi connectivity index (χ0) is 11.4. The number of allylic oxidation sites excluding steroid dienone is 1. The van der Waals surface area contributed by atoms with Crippen LogP contribution in [0.15, 0.2) is 12.2 Å². The molecule has 0 aromatic rings. The number of hydrogen-bond acceptors (Lipinski definition) is 1. The van der Waals surface area contributed by atoms with Crippen LogP contribution in [0.2, 0.25) is 0 Å². The number of unbranched alkanes of at least 4 members (excludes halogenated alkanes) is 6. The third-order valence-electron chi connectivity index (χ3n) is 2.48. The highest BCUT2D eigenvalue weighted by Crippen LogP contribution is 2.07. The predicted octanol–water partition coefficient (Wildman–Crippen LogP) is 4.44. The number of alkyl halides is 1. The maximum atomic E-state index is 9.26. The first-order chi connectivity index (χ1) is 7.31. The van der Waals surface area contributed by atoms with Crippen LogP contribution >= 0.6 is 15.9 Å². The molecule has 1 unspecified atom stereocenters. The second-order valence-electron chi connectivity index (χ2n) is 4.07. The van der Waals surface area contributed by atoms with Crippen molar-refractivity contribution < 1.29 is 5.11 Å². The molecule has 0 rings (SSSR count). The molecule has 0 amide bonds. The molecule has 1 N–H and O–H groups in total. The third-order valence-corrected chi connectivity index (χ3v) is 3.22. The van der Waals surface area contributed by atoms with Crippen molar-refractivity contribution in [2.45, 2.75) is 64.4 Å². The molecule has 0 saturated heterocycles. The number of hydrogen-bond donors (Lipinski definition) is 1. The van der Waals surface area contributed by atoms with Gasteiger partial charge in [0.2, 0.25) is 0 Å². The van der Waals surface area contributed by atoms with Crippen molar-refractivity contribution in [3.63, 3.8) is 0 Å². The van der Waals surface area contributed by atoms with E-state index in [-0.39, 0.29) is 6.10 Å². The summed E-state index contributed by atoms with van der Waals surface area (Å²) in [5, 5.41) is 9.93. The normalized spacial score (nSPS) is 13.5. The first kappa shape index (κ1) is 15.2. The SMILES string of the molecule is CCCCCCCC/C=C\CC(O)CBr. The fourth-order valence-electron chi connectivity index (χ4n) is 1.48. The highest BCUT2D eigenvalue weighted by molar-refractivity contribution is 9.09. The Hall–Kier alpha value is 0.180. The van der Waals surface area contributed by atoms with Gasteiger partial charge in [-0.3, -0.25) is 0 Å². The van der Waals surface area contributed by atoms with Gasteiger partial charge in [0.25, 0.3) is 0 Å². The topological polar surface area (TPSA) is 20.2 Å². The molecule has 0 heterocycles. The summed E-state index contributed by atoms with van der Waals surface area (Å²) >= 11 is 3.25. The van der Waals surface area contributed by atoms with Crippen molar-refractivity contribution in [1.29, 1.82) is 0 Å². The fraction of sp³-hybridized carbons (Fsp3) is 0.846. The van der Waals surface area contributed by atoms with Gasteiger partial charge >= 0.3 is 0 Å². The summed E-state index contributed by atoms with van der Waals surface area (Å²) in [7, 11) is 0. The lowest BCUT2D eigenvalue weighted by molar-refractivity contribution is 0.204. The van der Waals surface area contributed by atoms with E-state index in [0.29, 0.717) is 5.33 Å². The first-order valence-electron chi connectivity index (χ1n) is 6.20. The van der Waals surface area contributed by atoms with Gasteiger partial charge in [-0.1, -0.05) is 67.1 Å². The smallest absolute Gasteiger partial charge is 0.0671 e. The van der Waals surface area contributed by atoms with Crippen molar-refractivity contribution in [3.8, 4) is 0 Å². The maximum absolute atomic E-state index is 9.26. The molecule has 0 radical (unpaired) electrons. The molecule has 0 bridgehead atoms. The van der Waals surface area contributed by atoms with Gasteiger partial charge < -0.3 is 5.11 Å². The van der Waals surface area contributed by atoms with Crippen molar-refractivity contribution in [1.82, 2.24) is 0 Å². The van der Waals surface area contributed by atoms with Gasteiger partial charge in [-0.2, -0.15) is 0 Å². The number of halogens is 1. The van der Waals surface area contributed by atoms with Crippen molar-refractivity contribution in [3.05, 3.63) is 12.2 Å². The van der Waals surface area contributed by atoms with Crippen LogP contribution in [0.5, 0.6) is 0 Å². The largest absolute Gasteiger partial charge is 0.392 e. The van der Waals surface area contributed by atoms with Gasteiger partial charge in [0.15, 0.2) is 0 Å². The number of aliphatic hydroxyl groups is 1. The average molecular weight is 277 g/mol. The minimum atomic E-state index is -0.217.